The standard InChI is InChI=1S/C11H14BrN3O/c1-3-7-4-5-9(16-7)10(13)11-8(12)6-14-15(11)2/h4-6,10H,3,13H2,1-2H3. The highest BCUT2D eigenvalue weighted by Gasteiger charge is 2.19. The topological polar surface area (TPSA) is 57.0 Å². The van der Waals surface area contributed by atoms with Crippen LogP contribution in [0.15, 0.2) is 27.2 Å². The normalized spacial score (nSPS) is 13.0. The molecule has 0 spiro atoms. The zero-order chi connectivity index (χ0) is 11.7. The lowest BCUT2D eigenvalue weighted by Gasteiger charge is -2.10. The van der Waals surface area contributed by atoms with Crippen molar-refractivity contribution < 1.29 is 4.42 Å². The second kappa shape index (κ2) is 4.43. The van der Waals surface area contributed by atoms with Gasteiger partial charge in [0.1, 0.15) is 17.6 Å². The van der Waals surface area contributed by atoms with Gasteiger partial charge in [-0.3, -0.25) is 4.68 Å². The van der Waals surface area contributed by atoms with E-state index >= 15 is 0 Å². The van der Waals surface area contributed by atoms with Gasteiger partial charge in [-0.25, -0.2) is 0 Å². The van der Waals surface area contributed by atoms with Crippen LogP contribution < -0.4 is 5.73 Å². The van der Waals surface area contributed by atoms with Gasteiger partial charge in [0, 0.05) is 13.5 Å². The SMILES string of the molecule is CCc1ccc(C(N)c2c(Br)cnn2C)o1. The van der Waals surface area contributed by atoms with E-state index in [1.165, 1.54) is 0 Å². The predicted octanol–water partition coefficient (Wildman–Crippen LogP) is 2.39. The zero-order valence-electron chi connectivity index (χ0n) is 9.27. The van der Waals surface area contributed by atoms with Gasteiger partial charge in [-0.15, -0.1) is 0 Å². The number of nitrogens with two attached hydrogens (primary N) is 1. The molecule has 4 nitrogen and oxygen atoms in total. The predicted molar refractivity (Wildman–Crippen MR) is 65.0 cm³/mol. The van der Waals surface area contributed by atoms with E-state index in [0.29, 0.717) is 0 Å². The summed E-state index contributed by atoms with van der Waals surface area (Å²) in [4.78, 5) is 0. The van der Waals surface area contributed by atoms with Gasteiger partial charge in [-0.05, 0) is 28.1 Å². The van der Waals surface area contributed by atoms with E-state index < -0.39 is 0 Å². The van der Waals surface area contributed by atoms with E-state index in [1.54, 1.807) is 10.9 Å². The summed E-state index contributed by atoms with van der Waals surface area (Å²) in [5.41, 5.74) is 7.06. The van der Waals surface area contributed by atoms with Gasteiger partial charge < -0.3 is 10.2 Å². The van der Waals surface area contributed by atoms with Gasteiger partial charge in [0.15, 0.2) is 0 Å². The Morgan fingerprint density at radius 2 is 2.31 bits per heavy atom. The van der Waals surface area contributed by atoms with E-state index in [0.717, 1.165) is 28.1 Å². The van der Waals surface area contributed by atoms with E-state index in [-0.39, 0.29) is 6.04 Å². The number of rotatable bonds is 3. The number of hydrogen-bond acceptors (Lipinski definition) is 3. The van der Waals surface area contributed by atoms with Crippen molar-refractivity contribution in [1.29, 1.82) is 0 Å². The molecule has 0 aliphatic heterocycles. The Morgan fingerprint density at radius 1 is 1.56 bits per heavy atom. The van der Waals surface area contributed by atoms with Crippen LogP contribution in [0.5, 0.6) is 0 Å². The van der Waals surface area contributed by atoms with Crippen molar-refractivity contribution in [3.8, 4) is 0 Å². The summed E-state index contributed by atoms with van der Waals surface area (Å²) in [7, 11) is 1.86. The lowest BCUT2D eigenvalue weighted by atomic mass is 10.2. The van der Waals surface area contributed by atoms with Crippen LogP contribution in [-0.2, 0) is 13.5 Å². The molecule has 0 aliphatic rings. The van der Waals surface area contributed by atoms with E-state index in [2.05, 4.69) is 21.0 Å². The van der Waals surface area contributed by atoms with Crippen LogP contribution in [0.25, 0.3) is 0 Å². The molecule has 86 valence electrons. The fourth-order valence-corrected chi connectivity index (χ4v) is 2.25. The van der Waals surface area contributed by atoms with Gasteiger partial charge in [-0.2, -0.15) is 5.10 Å². The Kier molecular flexibility index (Phi) is 3.16. The number of furan rings is 1. The first-order valence-electron chi connectivity index (χ1n) is 5.15. The van der Waals surface area contributed by atoms with E-state index in [4.69, 9.17) is 10.2 Å². The molecule has 2 rings (SSSR count). The maximum absolute atomic E-state index is 6.15. The Balaban J connectivity index is 2.34. The molecule has 1 unspecified atom stereocenters. The number of nitrogens with zero attached hydrogens (tertiary/aromatic N) is 2. The molecule has 0 saturated heterocycles. The second-order valence-electron chi connectivity index (χ2n) is 3.64. The minimum Gasteiger partial charge on any atom is -0.464 e. The van der Waals surface area contributed by atoms with Crippen LogP contribution in [0.2, 0.25) is 0 Å². The Hall–Kier alpha value is -1.07. The van der Waals surface area contributed by atoms with Gasteiger partial charge in [0.05, 0.1) is 16.4 Å². The van der Waals surface area contributed by atoms with Crippen LogP contribution in [0.3, 0.4) is 0 Å². The molecule has 0 saturated carbocycles. The average Bonchev–Trinajstić information content (AvgIpc) is 2.85. The van der Waals surface area contributed by atoms with Gasteiger partial charge >= 0.3 is 0 Å². The van der Waals surface area contributed by atoms with Crippen molar-refractivity contribution in [3.05, 3.63) is 40.0 Å². The largest absolute Gasteiger partial charge is 0.464 e. The summed E-state index contributed by atoms with van der Waals surface area (Å²) >= 11 is 3.43. The fourth-order valence-electron chi connectivity index (χ4n) is 1.66. The molecule has 0 aliphatic carbocycles. The van der Waals surface area contributed by atoms with Gasteiger partial charge in [0.25, 0.3) is 0 Å². The molecule has 1 atom stereocenters. The summed E-state index contributed by atoms with van der Waals surface area (Å²) in [5, 5.41) is 4.14. The van der Waals surface area contributed by atoms with Crippen molar-refractivity contribution >= 4 is 15.9 Å². The summed E-state index contributed by atoms with van der Waals surface area (Å²) < 4.78 is 8.29. The number of halogens is 1. The molecule has 5 heteroatoms. The van der Waals surface area contributed by atoms with Crippen molar-refractivity contribution in [2.75, 3.05) is 0 Å². The van der Waals surface area contributed by atoms with E-state index in [1.807, 2.05) is 26.1 Å². The monoisotopic (exact) mass is 283 g/mol. The Bertz CT molecular complexity index is 470. The van der Waals surface area contributed by atoms with E-state index in [9.17, 15) is 0 Å². The first-order valence-corrected chi connectivity index (χ1v) is 5.94. The van der Waals surface area contributed by atoms with Crippen molar-refractivity contribution in [3.63, 3.8) is 0 Å². The molecule has 16 heavy (non-hydrogen) atoms. The molecule has 0 fully saturated rings. The summed E-state index contributed by atoms with van der Waals surface area (Å²) in [6.45, 7) is 2.05. The third-order valence-electron chi connectivity index (χ3n) is 2.57. The average molecular weight is 284 g/mol. The highest BCUT2D eigenvalue weighted by Crippen LogP contribution is 2.27. The molecule has 0 aromatic carbocycles. The molecule has 2 N–H and O–H groups in total. The summed E-state index contributed by atoms with van der Waals surface area (Å²) in [6.07, 6.45) is 2.61. The van der Waals surface area contributed by atoms with Crippen LogP contribution >= 0.6 is 15.9 Å². The van der Waals surface area contributed by atoms with Crippen LogP contribution in [0.1, 0.15) is 30.2 Å². The lowest BCUT2D eigenvalue weighted by molar-refractivity contribution is 0.446. The van der Waals surface area contributed by atoms with Gasteiger partial charge in [-0.1, -0.05) is 6.92 Å². The highest BCUT2D eigenvalue weighted by molar-refractivity contribution is 9.10. The summed E-state index contributed by atoms with van der Waals surface area (Å²) in [5.74, 6) is 1.71. The van der Waals surface area contributed by atoms with Crippen LogP contribution in [-0.4, -0.2) is 9.78 Å². The van der Waals surface area contributed by atoms with Crippen LogP contribution in [0.4, 0.5) is 0 Å². The Morgan fingerprint density at radius 3 is 2.81 bits per heavy atom. The molecule has 2 heterocycles. The molecule has 0 amide bonds. The smallest absolute Gasteiger partial charge is 0.127 e. The molecular formula is C11H14BrN3O. The molecule has 0 radical (unpaired) electrons. The highest BCUT2D eigenvalue weighted by atomic mass is 79.9. The zero-order valence-corrected chi connectivity index (χ0v) is 10.9. The number of aromatic nitrogens is 2. The first-order chi connectivity index (χ1) is 7.63. The van der Waals surface area contributed by atoms with Crippen LogP contribution in [0, 0.1) is 0 Å². The number of aryl methyl sites for hydroxylation is 2. The molecular weight excluding hydrogens is 270 g/mol. The quantitative estimate of drug-likeness (QED) is 0.941. The third kappa shape index (κ3) is 1.92. The first kappa shape index (κ1) is 11.4. The summed E-state index contributed by atoms with van der Waals surface area (Å²) in [6, 6.07) is 3.59. The van der Waals surface area contributed by atoms with Crippen molar-refractivity contribution in [1.82, 2.24) is 9.78 Å². The molecule has 0 bridgehead atoms. The molecule has 2 aromatic heterocycles. The van der Waals surface area contributed by atoms with Gasteiger partial charge in [0.2, 0.25) is 0 Å². The Labute approximate surface area is 103 Å². The fraction of sp³-hybridized carbons (Fsp3) is 0.364. The minimum atomic E-state index is -0.290. The maximum Gasteiger partial charge on any atom is 0.127 e. The number of hydrogen-bond donors (Lipinski definition) is 1. The lowest BCUT2D eigenvalue weighted by Crippen LogP contribution is -2.15. The maximum atomic E-state index is 6.15. The molecule has 2 aromatic rings. The second-order valence-corrected chi connectivity index (χ2v) is 4.49. The minimum absolute atomic E-state index is 0.290. The van der Waals surface area contributed by atoms with Crippen molar-refractivity contribution in [2.24, 2.45) is 12.8 Å². The van der Waals surface area contributed by atoms with Crippen molar-refractivity contribution in [2.45, 2.75) is 19.4 Å². The third-order valence-corrected chi connectivity index (χ3v) is 3.18.